The van der Waals surface area contributed by atoms with Gasteiger partial charge < -0.3 is 15.5 Å². The monoisotopic (exact) mass is 566 g/mol. The molecular weight excluding hydrogens is 494 g/mol. The summed E-state index contributed by atoms with van der Waals surface area (Å²) in [5.41, 5.74) is 0. The third-order valence-electron chi connectivity index (χ3n) is 8.27. The van der Waals surface area contributed by atoms with E-state index in [0.717, 1.165) is 25.7 Å². The van der Waals surface area contributed by atoms with Crippen molar-refractivity contribution in [3.05, 3.63) is 12.2 Å². The third-order valence-corrected chi connectivity index (χ3v) is 8.27. The molecule has 0 fully saturated rings. The molecule has 0 aliphatic rings. The van der Waals surface area contributed by atoms with Crippen molar-refractivity contribution in [1.82, 2.24) is 5.32 Å². The number of rotatable bonds is 32. The lowest BCUT2D eigenvalue weighted by atomic mass is 10.0. The molecule has 0 aromatic heterocycles. The Morgan fingerprint density at radius 1 is 0.575 bits per heavy atom. The van der Waals surface area contributed by atoms with Gasteiger partial charge in [0.15, 0.2) is 0 Å². The van der Waals surface area contributed by atoms with Crippen molar-refractivity contribution in [2.75, 3.05) is 6.61 Å². The van der Waals surface area contributed by atoms with Crippen LogP contribution in [0, 0.1) is 0 Å². The molecule has 0 unspecified atom stereocenters. The molecule has 4 heteroatoms. The second kappa shape index (κ2) is 32.6. The summed E-state index contributed by atoms with van der Waals surface area (Å²) in [5.74, 6) is -0.0634. The van der Waals surface area contributed by atoms with Crippen molar-refractivity contribution < 1.29 is 15.0 Å². The van der Waals surface area contributed by atoms with Crippen LogP contribution in [0.1, 0.15) is 194 Å². The van der Waals surface area contributed by atoms with Gasteiger partial charge in [0, 0.05) is 6.42 Å². The molecule has 0 aliphatic carbocycles. The van der Waals surface area contributed by atoms with Crippen molar-refractivity contribution in [1.29, 1.82) is 0 Å². The van der Waals surface area contributed by atoms with E-state index in [4.69, 9.17) is 0 Å². The summed E-state index contributed by atoms with van der Waals surface area (Å²) in [7, 11) is 0. The zero-order chi connectivity index (χ0) is 29.4. The molecule has 40 heavy (non-hydrogen) atoms. The SMILES string of the molecule is CCCCCCCCCCCCCC=C[C@@H](O)[C@@H](CO)NC(=O)CCCCCCCCCCCCCCCCC. The highest BCUT2D eigenvalue weighted by molar-refractivity contribution is 5.76. The van der Waals surface area contributed by atoms with Crippen molar-refractivity contribution >= 4 is 5.91 Å². The Labute approximate surface area is 250 Å². The van der Waals surface area contributed by atoms with Gasteiger partial charge in [-0.05, 0) is 19.3 Å². The number of unbranched alkanes of at least 4 members (excludes halogenated alkanes) is 25. The van der Waals surface area contributed by atoms with Crippen molar-refractivity contribution in [3.63, 3.8) is 0 Å². The lowest BCUT2D eigenvalue weighted by Crippen LogP contribution is -2.45. The number of aliphatic hydroxyl groups is 2. The molecular formula is C36H71NO3. The topological polar surface area (TPSA) is 69.6 Å². The molecule has 238 valence electrons. The summed E-state index contributed by atoms with van der Waals surface area (Å²) in [6, 6.07) is -0.614. The van der Waals surface area contributed by atoms with Gasteiger partial charge in [0.1, 0.15) is 0 Å². The average molecular weight is 566 g/mol. The van der Waals surface area contributed by atoms with Gasteiger partial charge in [-0.1, -0.05) is 180 Å². The van der Waals surface area contributed by atoms with E-state index in [9.17, 15) is 15.0 Å². The van der Waals surface area contributed by atoms with Gasteiger partial charge >= 0.3 is 0 Å². The molecule has 0 bridgehead atoms. The third kappa shape index (κ3) is 28.7. The molecule has 1 amide bonds. The first-order valence-corrected chi connectivity index (χ1v) is 17.9. The zero-order valence-corrected chi connectivity index (χ0v) is 27.1. The van der Waals surface area contributed by atoms with E-state index in [1.54, 1.807) is 6.08 Å². The van der Waals surface area contributed by atoms with Crippen molar-refractivity contribution in [2.45, 2.75) is 206 Å². The van der Waals surface area contributed by atoms with Gasteiger partial charge in [0.2, 0.25) is 5.91 Å². The van der Waals surface area contributed by atoms with Crippen LogP contribution < -0.4 is 5.32 Å². The molecule has 2 atom stereocenters. The first kappa shape index (κ1) is 39.1. The maximum atomic E-state index is 12.3. The Bertz CT molecular complexity index is 536. The Hall–Kier alpha value is -0.870. The normalized spacial score (nSPS) is 13.2. The number of amides is 1. The van der Waals surface area contributed by atoms with Crippen LogP contribution in [0.4, 0.5) is 0 Å². The zero-order valence-electron chi connectivity index (χ0n) is 27.1. The van der Waals surface area contributed by atoms with E-state index in [-0.39, 0.29) is 12.5 Å². The molecule has 3 N–H and O–H groups in total. The number of allylic oxidation sites excluding steroid dienone is 1. The summed E-state index contributed by atoms with van der Waals surface area (Å²) < 4.78 is 0. The maximum absolute atomic E-state index is 12.3. The van der Waals surface area contributed by atoms with Gasteiger partial charge in [0.05, 0.1) is 18.8 Å². The van der Waals surface area contributed by atoms with E-state index >= 15 is 0 Å². The van der Waals surface area contributed by atoms with E-state index in [2.05, 4.69) is 19.2 Å². The number of hydrogen-bond acceptors (Lipinski definition) is 3. The summed E-state index contributed by atoms with van der Waals surface area (Å²) in [5, 5.41) is 22.8. The minimum Gasteiger partial charge on any atom is -0.394 e. The molecule has 0 radical (unpaired) electrons. The molecule has 0 rings (SSSR count). The fraction of sp³-hybridized carbons (Fsp3) is 0.917. The smallest absolute Gasteiger partial charge is 0.220 e. The fourth-order valence-corrected chi connectivity index (χ4v) is 5.47. The molecule has 4 nitrogen and oxygen atoms in total. The number of carbonyl (C=O) groups excluding carboxylic acids is 1. The van der Waals surface area contributed by atoms with Gasteiger partial charge in [0.25, 0.3) is 0 Å². The van der Waals surface area contributed by atoms with Crippen molar-refractivity contribution in [2.24, 2.45) is 0 Å². The number of carbonyl (C=O) groups is 1. The van der Waals surface area contributed by atoms with Gasteiger partial charge in [-0.2, -0.15) is 0 Å². The lowest BCUT2D eigenvalue weighted by Gasteiger charge is -2.20. The second-order valence-electron chi connectivity index (χ2n) is 12.3. The minimum absolute atomic E-state index is 0.0634. The van der Waals surface area contributed by atoms with Crippen LogP contribution in [0.3, 0.4) is 0 Å². The molecule has 0 aromatic rings. The summed E-state index contributed by atoms with van der Waals surface area (Å²) in [6.45, 7) is 4.30. The van der Waals surface area contributed by atoms with Gasteiger partial charge in [-0.25, -0.2) is 0 Å². The van der Waals surface area contributed by atoms with Crippen LogP contribution in [-0.4, -0.2) is 34.9 Å². The maximum Gasteiger partial charge on any atom is 0.220 e. The predicted octanol–water partition coefficient (Wildman–Crippen LogP) is 10.3. The highest BCUT2D eigenvalue weighted by atomic mass is 16.3. The van der Waals surface area contributed by atoms with Crippen molar-refractivity contribution in [3.8, 4) is 0 Å². The Morgan fingerprint density at radius 3 is 1.30 bits per heavy atom. The van der Waals surface area contributed by atoms with E-state index in [1.165, 1.54) is 148 Å². The Balaban J connectivity index is 3.60. The molecule has 0 spiro atoms. The first-order chi connectivity index (χ1) is 19.7. The van der Waals surface area contributed by atoms with E-state index in [0.29, 0.717) is 6.42 Å². The number of hydrogen-bond donors (Lipinski definition) is 3. The van der Waals surface area contributed by atoms with E-state index < -0.39 is 12.1 Å². The molecule has 0 heterocycles. The van der Waals surface area contributed by atoms with Crippen LogP contribution in [0.15, 0.2) is 12.2 Å². The number of nitrogens with one attached hydrogen (secondary N) is 1. The predicted molar refractivity (Wildman–Crippen MR) is 175 cm³/mol. The van der Waals surface area contributed by atoms with Crippen LogP contribution >= 0.6 is 0 Å². The molecule has 0 aromatic carbocycles. The quantitative estimate of drug-likeness (QED) is 0.0561. The highest BCUT2D eigenvalue weighted by Gasteiger charge is 2.17. The molecule has 0 aliphatic heterocycles. The minimum atomic E-state index is -0.831. The van der Waals surface area contributed by atoms with Gasteiger partial charge in [-0.3, -0.25) is 4.79 Å². The van der Waals surface area contributed by atoms with E-state index in [1.807, 2.05) is 6.08 Å². The summed E-state index contributed by atoms with van der Waals surface area (Å²) >= 11 is 0. The second-order valence-corrected chi connectivity index (χ2v) is 12.3. The van der Waals surface area contributed by atoms with Crippen LogP contribution in [0.25, 0.3) is 0 Å². The summed E-state index contributed by atoms with van der Waals surface area (Å²) in [6.07, 6.45) is 38.6. The Morgan fingerprint density at radius 2 is 0.925 bits per heavy atom. The lowest BCUT2D eigenvalue weighted by molar-refractivity contribution is -0.123. The number of aliphatic hydroxyl groups excluding tert-OH is 2. The highest BCUT2D eigenvalue weighted by Crippen LogP contribution is 2.14. The fourth-order valence-electron chi connectivity index (χ4n) is 5.47. The largest absolute Gasteiger partial charge is 0.394 e. The summed E-state index contributed by atoms with van der Waals surface area (Å²) in [4.78, 5) is 12.3. The van der Waals surface area contributed by atoms with Crippen LogP contribution in [0.2, 0.25) is 0 Å². The Kier molecular flexibility index (Phi) is 31.9. The average Bonchev–Trinajstić information content (AvgIpc) is 2.96. The van der Waals surface area contributed by atoms with Crippen LogP contribution in [0.5, 0.6) is 0 Å². The molecule has 0 saturated heterocycles. The molecule has 0 saturated carbocycles. The standard InChI is InChI=1S/C36H71NO3/c1-3-5-7-9-11-13-15-17-18-20-22-24-26-28-30-32-36(40)37-34(33-38)35(39)31-29-27-25-23-21-19-16-14-12-10-8-6-4-2/h29,31,34-35,38-39H,3-28,30,32-33H2,1-2H3,(H,37,40)/t34-,35-/m1/s1. The first-order valence-electron chi connectivity index (χ1n) is 17.9. The van der Waals surface area contributed by atoms with Crippen LogP contribution in [-0.2, 0) is 4.79 Å². The van der Waals surface area contributed by atoms with Gasteiger partial charge in [-0.15, -0.1) is 0 Å².